The van der Waals surface area contributed by atoms with Crippen LogP contribution in [0.4, 0.5) is 0 Å². The number of para-hydroxylation sites is 1. The van der Waals surface area contributed by atoms with Crippen LogP contribution in [-0.4, -0.2) is 28.2 Å². The number of benzene rings is 3. The molecule has 0 saturated carbocycles. The number of aromatic nitrogens is 1. The summed E-state index contributed by atoms with van der Waals surface area (Å²) in [6, 6.07) is 21.0. The molecule has 6 heteroatoms. The number of aromatic amines is 1. The Bertz CT molecular complexity index is 1280. The fourth-order valence-corrected chi connectivity index (χ4v) is 5.04. The van der Waals surface area contributed by atoms with Crippen molar-refractivity contribution in [3.63, 3.8) is 0 Å². The molecule has 1 aliphatic heterocycles. The highest BCUT2D eigenvalue weighted by Gasteiger charge is 2.39. The van der Waals surface area contributed by atoms with Crippen LogP contribution in [0.1, 0.15) is 27.5 Å². The summed E-state index contributed by atoms with van der Waals surface area (Å²) in [5.74, 6) is 0.352. The zero-order chi connectivity index (χ0) is 20.8. The number of nitrogens with zero attached hydrogens (tertiary/aromatic N) is 1. The van der Waals surface area contributed by atoms with Crippen LogP contribution < -0.4 is 0 Å². The highest BCUT2D eigenvalue weighted by Crippen LogP contribution is 2.46. The van der Waals surface area contributed by atoms with Crippen molar-refractivity contribution in [2.24, 2.45) is 0 Å². The van der Waals surface area contributed by atoms with Gasteiger partial charge in [-0.2, -0.15) is 0 Å². The van der Waals surface area contributed by atoms with Gasteiger partial charge in [-0.15, -0.1) is 11.6 Å². The molecule has 30 heavy (non-hydrogen) atoms. The van der Waals surface area contributed by atoms with Gasteiger partial charge in [0, 0.05) is 45.0 Å². The number of carbonyl (C=O) groups is 1. The first-order chi connectivity index (χ1) is 14.6. The number of amides is 1. The quantitative estimate of drug-likeness (QED) is 0.333. The number of nitrogens with one attached hydrogen (secondary N) is 1. The molecule has 0 saturated heterocycles. The molecule has 1 aliphatic rings. The van der Waals surface area contributed by atoms with E-state index in [0.29, 0.717) is 28.0 Å². The number of hydrogen-bond acceptors (Lipinski definition) is 1. The summed E-state index contributed by atoms with van der Waals surface area (Å²) in [5, 5.41) is 2.18. The van der Waals surface area contributed by atoms with Crippen LogP contribution in [0.5, 0.6) is 0 Å². The lowest BCUT2D eigenvalue weighted by Crippen LogP contribution is -2.30. The van der Waals surface area contributed by atoms with Crippen LogP contribution in [0.15, 0.2) is 66.7 Å². The van der Waals surface area contributed by atoms with Gasteiger partial charge in [-0.3, -0.25) is 4.79 Å². The van der Waals surface area contributed by atoms with E-state index >= 15 is 0 Å². The molecule has 1 atom stereocenters. The number of halogens is 3. The lowest BCUT2D eigenvalue weighted by molar-refractivity contribution is 0.0762. The first-order valence-electron chi connectivity index (χ1n) is 9.62. The summed E-state index contributed by atoms with van der Waals surface area (Å²) in [5.41, 5.74) is 5.41. The lowest BCUT2D eigenvalue weighted by atomic mass is 9.93. The Labute approximate surface area is 189 Å². The van der Waals surface area contributed by atoms with Crippen LogP contribution in [-0.2, 0) is 0 Å². The third kappa shape index (κ3) is 3.01. The minimum absolute atomic E-state index is 0.00492. The molecule has 1 aromatic heterocycles. The van der Waals surface area contributed by atoms with Gasteiger partial charge in [0.05, 0.1) is 16.8 Å². The van der Waals surface area contributed by atoms with Gasteiger partial charge in [0.15, 0.2) is 0 Å². The zero-order valence-electron chi connectivity index (χ0n) is 15.8. The molecule has 0 unspecified atom stereocenters. The summed E-state index contributed by atoms with van der Waals surface area (Å²) in [7, 11) is 0. The van der Waals surface area contributed by atoms with E-state index in [0.717, 1.165) is 33.3 Å². The first-order valence-corrected chi connectivity index (χ1v) is 10.9. The second-order valence-electron chi connectivity index (χ2n) is 7.26. The SMILES string of the molecule is O=C1c2ccccc2[C@H](c2c(-c3ccc(Cl)cc3Cl)[nH]c3ccccc23)N1CCCl. The fraction of sp³-hybridized carbons (Fsp3) is 0.125. The Morgan fingerprint density at radius 1 is 0.933 bits per heavy atom. The normalized spacial score (nSPS) is 15.8. The van der Waals surface area contributed by atoms with Crippen molar-refractivity contribution in [1.29, 1.82) is 0 Å². The molecule has 0 radical (unpaired) electrons. The van der Waals surface area contributed by atoms with Crippen LogP contribution in [0, 0.1) is 0 Å². The molecule has 0 bridgehead atoms. The van der Waals surface area contributed by atoms with Gasteiger partial charge in [0.25, 0.3) is 5.91 Å². The molecule has 1 amide bonds. The molecule has 2 heterocycles. The highest BCUT2D eigenvalue weighted by atomic mass is 35.5. The largest absolute Gasteiger partial charge is 0.354 e. The number of alkyl halides is 1. The van der Waals surface area contributed by atoms with Crippen molar-refractivity contribution in [2.75, 3.05) is 12.4 Å². The number of carbonyl (C=O) groups excluding carboxylic acids is 1. The van der Waals surface area contributed by atoms with Gasteiger partial charge in [0.2, 0.25) is 0 Å². The van der Waals surface area contributed by atoms with E-state index in [4.69, 9.17) is 34.8 Å². The molecule has 3 nitrogen and oxygen atoms in total. The molecular formula is C24H17Cl3N2O. The van der Waals surface area contributed by atoms with E-state index in [1.807, 2.05) is 59.5 Å². The predicted octanol–water partition coefficient (Wildman–Crippen LogP) is 6.93. The van der Waals surface area contributed by atoms with Crippen molar-refractivity contribution in [3.8, 4) is 11.3 Å². The maximum Gasteiger partial charge on any atom is 0.255 e. The fourth-order valence-electron chi connectivity index (χ4n) is 4.36. The van der Waals surface area contributed by atoms with Gasteiger partial charge in [0.1, 0.15) is 0 Å². The second-order valence-corrected chi connectivity index (χ2v) is 8.48. The Kier molecular flexibility index (Phi) is 4.98. The molecular weight excluding hydrogens is 439 g/mol. The number of rotatable bonds is 4. The summed E-state index contributed by atoms with van der Waals surface area (Å²) >= 11 is 18.8. The molecule has 4 aromatic rings. The van der Waals surface area contributed by atoms with E-state index < -0.39 is 0 Å². The molecule has 3 aromatic carbocycles. The summed E-state index contributed by atoms with van der Waals surface area (Å²) in [6.07, 6.45) is 0. The van der Waals surface area contributed by atoms with Crippen molar-refractivity contribution >= 4 is 51.6 Å². The molecule has 0 spiro atoms. The maximum absolute atomic E-state index is 13.2. The monoisotopic (exact) mass is 454 g/mol. The minimum Gasteiger partial charge on any atom is -0.354 e. The van der Waals surface area contributed by atoms with Crippen molar-refractivity contribution < 1.29 is 4.79 Å². The number of hydrogen-bond donors (Lipinski definition) is 1. The van der Waals surface area contributed by atoms with Crippen molar-refractivity contribution in [2.45, 2.75) is 6.04 Å². The third-order valence-corrected chi connectivity index (χ3v) is 6.32. The Morgan fingerprint density at radius 3 is 2.50 bits per heavy atom. The summed E-state index contributed by atoms with van der Waals surface area (Å²) in [6.45, 7) is 0.451. The van der Waals surface area contributed by atoms with E-state index in [1.54, 1.807) is 6.07 Å². The topological polar surface area (TPSA) is 36.1 Å². The molecule has 0 fully saturated rings. The average Bonchev–Trinajstić information content (AvgIpc) is 3.24. The van der Waals surface area contributed by atoms with Gasteiger partial charge in [-0.1, -0.05) is 59.6 Å². The highest BCUT2D eigenvalue weighted by molar-refractivity contribution is 6.36. The Hall–Kier alpha value is -2.46. The van der Waals surface area contributed by atoms with Gasteiger partial charge in [-0.25, -0.2) is 0 Å². The molecule has 0 aliphatic carbocycles. The minimum atomic E-state index is -0.259. The van der Waals surface area contributed by atoms with E-state index in [9.17, 15) is 4.79 Å². The average molecular weight is 456 g/mol. The van der Waals surface area contributed by atoms with Crippen LogP contribution in [0.3, 0.4) is 0 Å². The van der Waals surface area contributed by atoms with Gasteiger partial charge >= 0.3 is 0 Å². The smallest absolute Gasteiger partial charge is 0.255 e. The number of fused-ring (bicyclic) bond motifs is 2. The van der Waals surface area contributed by atoms with E-state index in [2.05, 4.69) is 11.1 Å². The maximum atomic E-state index is 13.2. The van der Waals surface area contributed by atoms with Gasteiger partial charge in [-0.05, 0) is 35.9 Å². The predicted molar refractivity (Wildman–Crippen MR) is 124 cm³/mol. The van der Waals surface area contributed by atoms with Crippen LogP contribution in [0.25, 0.3) is 22.2 Å². The molecule has 150 valence electrons. The van der Waals surface area contributed by atoms with Crippen LogP contribution in [0.2, 0.25) is 10.0 Å². The van der Waals surface area contributed by atoms with Crippen molar-refractivity contribution in [1.82, 2.24) is 9.88 Å². The van der Waals surface area contributed by atoms with E-state index in [-0.39, 0.29) is 11.9 Å². The Balaban J connectivity index is 1.83. The summed E-state index contributed by atoms with van der Waals surface area (Å²) < 4.78 is 0. The van der Waals surface area contributed by atoms with Crippen molar-refractivity contribution in [3.05, 3.63) is 93.5 Å². The van der Waals surface area contributed by atoms with Crippen LogP contribution >= 0.6 is 34.8 Å². The number of H-pyrrole nitrogens is 1. The summed E-state index contributed by atoms with van der Waals surface area (Å²) in [4.78, 5) is 18.6. The standard InChI is InChI=1S/C24H17Cl3N2O/c25-11-12-29-23(15-5-1-2-6-16(15)24(29)30)21-18-7-3-4-8-20(18)28-22(21)17-10-9-14(26)13-19(17)27/h1-10,13,23,28H,11-12H2/t23-/m1/s1. The molecule has 5 rings (SSSR count). The second kappa shape index (κ2) is 7.66. The zero-order valence-corrected chi connectivity index (χ0v) is 18.1. The third-order valence-electron chi connectivity index (χ3n) is 5.60. The van der Waals surface area contributed by atoms with E-state index in [1.165, 1.54) is 0 Å². The first kappa shape index (κ1) is 19.5. The van der Waals surface area contributed by atoms with Gasteiger partial charge < -0.3 is 9.88 Å². The molecule has 1 N–H and O–H groups in total. The Morgan fingerprint density at radius 2 is 1.70 bits per heavy atom. The lowest BCUT2D eigenvalue weighted by Gasteiger charge is -2.26.